The maximum absolute atomic E-state index is 13.5. The van der Waals surface area contributed by atoms with Gasteiger partial charge < -0.3 is 43.4 Å². The average molecular weight is 585 g/mol. The number of benzene rings is 2. The zero-order valence-electron chi connectivity index (χ0n) is 23.8. The highest BCUT2D eigenvalue weighted by molar-refractivity contribution is 5.94. The van der Waals surface area contributed by atoms with Crippen molar-refractivity contribution in [3.63, 3.8) is 0 Å². The Morgan fingerprint density at radius 1 is 0.643 bits per heavy atom. The Balaban J connectivity index is 2.21. The summed E-state index contributed by atoms with van der Waals surface area (Å²) in [7, 11) is 0. The predicted molar refractivity (Wildman–Crippen MR) is 159 cm³/mol. The van der Waals surface area contributed by atoms with Crippen molar-refractivity contribution in [3.8, 4) is 5.75 Å². The van der Waals surface area contributed by atoms with Gasteiger partial charge in [0.15, 0.2) is 0 Å². The van der Waals surface area contributed by atoms with Crippen LogP contribution < -0.4 is 33.2 Å². The average Bonchev–Trinajstić information content (AvgIpc) is 2.97. The largest absolute Gasteiger partial charge is 0.508 e. The van der Waals surface area contributed by atoms with Gasteiger partial charge in [-0.1, -0.05) is 48.9 Å². The van der Waals surface area contributed by atoms with Crippen LogP contribution >= 0.6 is 0 Å². The Kier molecular flexibility index (Phi) is 15.0. The molecule has 0 aliphatic heterocycles. The Morgan fingerprint density at radius 2 is 1.14 bits per heavy atom. The van der Waals surface area contributed by atoms with Gasteiger partial charge in [0.2, 0.25) is 17.7 Å². The van der Waals surface area contributed by atoms with Crippen LogP contribution in [0.25, 0.3) is 0 Å². The summed E-state index contributed by atoms with van der Waals surface area (Å²) in [4.78, 5) is 51.7. The van der Waals surface area contributed by atoms with E-state index in [0.29, 0.717) is 44.3 Å². The maximum Gasteiger partial charge on any atom is 0.326 e. The third kappa shape index (κ3) is 12.2. The molecule has 230 valence electrons. The van der Waals surface area contributed by atoms with Crippen LogP contribution in [-0.4, -0.2) is 71.2 Å². The van der Waals surface area contributed by atoms with Gasteiger partial charge in [0.1, 0.15) is 23.9 Å². The number of carbonyl (C=O) groups excluding carboxylic acids is 3. The molecule has 12 heteroatoms. The highest BCUT2D eigenvalue weighted by atomic mass is 16.4. The van der Waals surface area contributed by atoms with Gasteiger partial charge >= 0.3 is 5.97 Å². The molecular formula is C30H44N6O6. The van der Waals surface area contributed by atoms with Gasteiger partial charge in [0.05, 0.1) is 6.04 Å². The van der Waals surface area contributed by atoms with Crippen molar-refractivity contribution in [1.82, 2.24) is 16.0 Å². The second-order valence-corrected chi connectivity index (χ2v) is 10.3. The number of carboxylic acid groups (broad SMARTS) is 1. The topological polar surface area (TPSA) is 223 Å². The molecule has 2 rings (SSSR count). The number of phenolic OH excluding ortho intramolecular Hbond substituents is 1. The number of nitrogens with two attached hydrogens (primary N) is 3. The number of hydrogen-bond acceptors (Lipinski definition) is 8. The van der Waals surface area contributed by atoms with Crippen LogP contribution in [0.4, 0.5) is 0 Å². The normalized spacial score (nSPS) is 13.8. The first-order valence-electron chi connectivity index (χ1n) is 14.3. The fourth-order valence-corrected chi connectivity index (χ4v) is 4.35. The van der Waals surface area contributed by atoms with Crippen LogP contribution in [0.2, 0.25) is 0 Å². The lowest BCUT2D eigenvalue weighted by Gasteiger charge is -2.25. The molecule has 0 saturated heterocycles. The summed E-state index contributed by atoms with van der Waals surface area (Å²) in [6, 6.07) is 10.8. The number of carboxylic acids is 1. The Hall–Kier alpha value is -4.00. The summed E-state index contributed by atoms with van der Waals surface area (Å²) >= 11 is 0. The Bertz CT molecular complexity index is 1130. The molecule has 0 bridgehead atoms. The fraction of sp³-hybridized carbons (Fsp3) is 0.467. The van der Waals surface area contributed by atoms with Crippen molar-refractivity contribution in [1.29, 1.82) is 0 Å². The molecule has 42 heavy (non-hydrogen) atoms. The van der Waals surface area contributed by atoms with Gasteiger partial charge in [-0.3, -0.25) is 14.4 Å². The lowest BCUT2D eigenvalue weighted by atomic mass is 10.0. The third-order valence-electron chi connectivity index (χ3n) is 6.79. The molecule has 3 amide bonds. The highest BCUT2D eigenvalue weighted by Gasteiger charge is 2.30. The molecule has 0 aliphatic rings. The number of rotatable bonds is 19. The SMILES string of the molecule is NCCCCC(N)C(=O)NC(CCCCN)C(=O)NC(Cc1ccccc1)C(=O)NC(Cc1ccc(O)cc1)C(=O)O. The second kappa shape index (κ2) is 18.4. The number of nitrogens with one attached hydrogen (secondary N) is 3. The van der Waals surface area contributed by atoms with E-state index in [-0.39, 0.29) is 25.0 Å². The summed E-state index contributed by atoms with van der Waals surface area (Å²) in [6.45, 7) is 0.901. The number of phenols is 1. The quantitative estimate of drug-likeness (QED) is 0.106. The maximum atomic E-state index is 13.5. The summed E-state index contributed by atoms with van der Waals surface area (Å²) in [5.74, 6) is -2.98. The minimum Gasteiger partial charge on any atom is -0.508 e. The van der Waals surface area contributed by atoms with Crippen molar-refractivity contribution in [2.75, 3.05) is 13.1 Å². The van der Waals surface area contributed by atoms with Crippen molar-refractivity contribution in [2.24, 2.45) is 17.2 Å². The van der Waals surface area contributed by atoms with E-state index >= 15 is 0 Å². The van der Waals surface area contributed by atoms with Gasteiger partial charge in [0, 0.05) is 12.8 Å². The number of aliphatic carboxylic acids is 1. The van der Waals surface area contributed by atoms with E-state index in [1.807, 2.05) is 6.07 Å². The van der Waals surface area contributed by atoms with Crippen LogP contribution in [0, 0.1) is 0 Å². The van der Waals surface area contributed by atoms with Gasteiger partial charge in [-0.15, -0.1) is 0 Å². The van der Waals surface area contributed by atoms with Crippen LogP contribution in [-0.2, 0) is 32.0 Å². The molecule has 4 atom stereocenters. The molecule has 2 aromatic carbocycles. The van der Waals surface area contributed by atoms with Gasteiger partial charge in [-0.2, -0.15) is 0 Å². The molecular weight excluding hydrogens is 540 g/mol. The molecule has 0 aromatic heterocycles. The zero-order valence-corrected chi connectivity index (χ0v) is 23.8. The molecule has 0 fully saturated rings. The van der Waals surface area contributed by atoms with E-state index in [2.05, 4.69) is 16.0 Å². The highest BCUT2D eigenvalue weighted by Crippen LogP contribution is 2.12. The first-order chi connectivity index (χ1) is 20.1. The van der Waals surface area contributed by atoms with Gasteiger partial charge in [0.25, 0.3) is 0 Å². The molecule has 0 aliphatic carbocycles. The van der Waals surface area contributed by atoms with Gasteiger partial charge in [-0.05, 0) is 68.5 Å². The minimum absolute atomic E-state index is 0.0323. The lowest BCUT2D eigenvalue weighted by Crippen LogP contribution is -2.57. The van der Waals surface area contributed by atoms with E-state index in [0.717, 1.165) is 12.0 Å². The molecule has 0 spiro atoms. The number of carbonyl (C=O) groups is 4. The van der Waals surface area contributed by atoms with Crippen molar-refractivity contribution in [2.45, 2.75) is 75.5 Å². The van der Waals surface area contributed by atoms with Crippen molar-refractivity contribution in [3.05, 3.63) is 65.7 Å². The molecule has 4 unspecified atom stereocenters. The van der Waals surface area contributed by atoms with Crippen LogP contribution in [0.1, 0.15) is 49.7 Å². The molecule has 0 heterocycles. The number of amides is 3. The smallest absolute Gasteiger partial charge is 0.326 e. The van der Waals surface area contributed by atoms with Crippen LogP contribution in [0.3, 0.4) is 0 Å². The second-order valence-electron chi connectivity index (χ2n) is 10.3. The van der Waals surface area contributed by atoms with Gasteiger partial charge in [-0.25, -0.2) is 4.79 Å². The number of hydrogen-bond donors (Lipinski definition) is 8. The molecule has 0 saturated carbocycles. The Morgan fingerprint density at radius 3 is 1.74 bits per heavy atom. The first kappa shape index (κ1) is 34.2. The molecule has 0 radical (unpaired) electrons. The number of unbranched alkanes of at least 4 members (excludes halogenated alkanes) is 2. The first-order valence-corrected chi connectivity index (χ1v) is 14.3. The van der Waals surface area contributed by atoms with E-state index in [1.165, 1.54) is 12.1 Å². The molecule has 11 N–H and O–H groups in total. The number of aromatic hydroxyl groups is 1. The summed E-state index contributed by atoms with van der Waals surface area (Å²) < 4.78 is 0. The summed E-state index contributed by atoms with van der Waals surface area (Å²) in [5.41, 5.74) is 18.5. The van der Waals surface area contributed by atoms with E-state index in [9.17, 15) is 29.4 Å². The third-order valence-corrected chi connectivity index (χ3v) is 6.79. The van der Waals surface area contributed by atoms with Crippen LogP contribution in [0.15, 0.2) is 54.6 Å². The fourth-order valence-electron chi connectivity index (χ4n) is 4.35. The van der Waals surface area contributed by atoms with Crippen LogP contribution in [0.5, 0.6) is 5.75 Å². The predicted octanol–water partition coefficient (Wildman–Crippen LogP) is 0.302. The minimum atomic E-state index is -1.29. The van der Waals surface area contributed by atoms with Crippen molar-refractivity contribution < 1.29 is 29.4 Å². The monoisotopic (exact) mass is 584 g/mol. The lowest BCUT2D eigenvalue weighted by molar-refractivity contribution is -0.142. The summed E-state index contributed by atoms with van der Waals surface area (Å²) in [5, 5.41) is 27.3. The molecule has 12 nitrogen and oxygen atoms in total. The van der Waals surface area contributed by atoms with E-state index in [4.69, 9.17) is 17.2 Å². The van der Waals surface area contributed by atoms with E-state index in [1.54, 1.807) is 36.4 Å². The van der Waals surface area contributed by atoms with Crippen molar-refractivity contribution >= 4 is 23.7 Å². The Labute approximate surface area is 246 Å². The standard InChI is InChI=1S/C30H44N6O6/c31-16-6-4-10-23(33)27(38)34-24(11-5-7-17-32)28(39)35-25(18-20-8-2-1-3-9-20)29(40)36-26(30(41)42)19-21-12-14-22(37)15-13-21/h1-3,8-9,12-15,23-26,37H,4-7,10-11,16-19,31-33H2,(H,34,38)(H,35,39)(H,36,40)(H,41,42). The summed E-state index contributed by atoms with van der Waals surface area (Å²) in [6.07, 6.45) is 3.33. The zero-order chi connectivity index (χ0) is 30.9. The molecule has 2 aromatic rings. The van der Waals surface area contributed by atoms with E-state index < -0.39 is 47.9 Å².